The van der Waals surface area contributed by atoms with E-state index in [0.717, 1.165) is 0 Å². The van der Waals surface area contributed by atoms with Crippen LogP contribution in [0.4, 0.5) is 0 Å². The van der Waals surface area contributed by atoms with Gasteiger partial charge in [0.1, 0.15) is 0 Å². The third-order valence-electron chi connectivity index (χ3n) is 0. The van der Waals surface area contributed by atoms with E-state index < -0.39 is 0 Å². The van der Waals surface area contributed by atoms with E-state index in [1.54, 1.807) is 0 Å². The summed E-state index contributed by atoms with van der Waals surface area (Å²) in [6.07, 6.45) is 0. The van der Waals surface area contributed by atoms with Gasteiger partial charge in [-0.05, 0) is 0 Å². The number of rotatable bonds is 0. The molecule has 2 N–H and O–H groups in total. The summed E-state index contributed by atoms with van der Waals surface area (Å²) in [5.41, 5.74) is 0. The molecule has 0 aliphatic heterocycles. The van der Waals surface area contributed by atoms with Gasteiger partial charge in [-0.15, -0.1) is 0 Å². The molecule has 0 radical (unpaired) electrons. The molecule has 2 nitrogen and oxygen atoms in total. The predicted octanol–water partition coefficient (Wildman–Crippen LogP) is 0.315. The fourth-order valence-electron chi connectivity index (χ4n) is 0. The van der Waals surface area contributed by atoms with Crippen LogP contribution in [0.15, 0.2) is 0 Å². The second kappa shape index (κ2) is 10.5. The Morgan fingerprint density at radius 1 is 1.25 bits per heavy atom. The Kier molecular flexibility index (Phi) is 23.2. The zero-order chi connectivity index (χ0) is 2.71. The quantitative estimate of drug-likeness (QED) is 0.447. The Labute approximate surface area is 43.4 Å². The van der Waals surface area contributed by atoms with E-state index >= 15 is 0 Å². The number of hydrogen-bond acceptors (Lipinski definition) is 2. The zero-order valence-electron chi connectivity index (χ0n) is 2.00. The first-order chi connectivity index (χ1) is 1.41. The van der Waals surface area contributed by atoms with Gasteiger partial charge in [-0.1, -0.05) is 0 Å². The fourth-order valence-corrected chi connectivity index (χ4v) is 0. The van der Waals surface area contributed by atoms with Gasteiger partial charge in [0.25, 0.3) is 0 Å². The minimum Gasteiger partial charge on any atom is -0.242 e. The maximum absolute atomic E-state index is 5.62. The van der Waals surface area contributed by atoms with Crippen LogP contribution in [0.5, 0.6) is 0 Å². The van der Waals surface area contributed by atoms with E-state index in [9.17, 15) is 0 Å². The summed E-state index contributed by atoms with van der Waals surface area (Å²) in [6.45, 7) is 0. The molecule has 0 bridgehead atoms. The summed E-state index contributed by atoms with van der Waals surface area (Å²) in [5.74, 6) is 0. The Morgan fingerprint density at radius 3 is 1.25 bits per heavy atom. The van der Waals surface area contributed by atoms with Crippen LogP contribution < -0.4 is 0 Å². The van der Waals surface area contributed by atoms with E-state index in [-0.39, 0.29) is 26.2 Å². The van der Waals surface area contributed by atoms with E-state index in [0.29, 0.717) is 0 Å². The molecule has 0 rings (SSSR count). The Bertz CT molecular complexity index is 27.0. The first-order valence-corrected chi connectivity index (χ1v) is 0.500. The summed E-state index contributed by atoms with van der Waals surface area (Å²) >= 11 is 0. The Balaban J connectivity index is 0. The molecule has 3 heteroatoms. The van der Waals surface area contributed by atoms with Gasteiger partial charge in [-0.3, -0.25) is 0 Å². The van der Waals surface area contributed by atoms with Crippen molar-refractivity contribution in [1.82, 2.24) is 0 Å². The van der Waals surface area contributed by atoms with Gasteiger partial charge in [0.05, 0.1) is 6.01 Å². The van der Waals surface area contributed by atoms with Crippen LogP contribution in [0.1, 0.15) is 0 Å². The molecule has 0 heterocycles. The Morgan fingerprint density at radius 2 is 1.25 bits per heavy atom. The monoisotopic (exact) mass is 132 g/mol. The minimum absolute atomic E-state index is 0. The second-order valence-electron chi connectivity index (χ2n) is 0.125. The van der Waals surface area contributed by atoms with Crippen LogP contribution in [-0.2, 0) is 26.2 Å². The average Bonchev–Trinajstić information content (AvgIpc) is 0.918. The molecule has 0 aromatic carbocycles. The molecule has 0 aromatic rings. The molecule has 0 aliphatic rings. The van der Waals surface area contributed by atoms with Crippen LogP contribution in [0.2, 0.25) is 0 Å². The van der Waals surface area contributed by atoms with Gasteiger partial charge in [0, 0.05) is 26.2 Å². The number of hydrogen-bond donors (Lipinski definition) is 2. The number of nitrogens with one attached hydrogen (secondary N) is 2. The normalized spacial score (nSPS) is 2.00. The summed E-state index contributed by atoms with van der Waals surface area (Å²) in [5, 5.41) is 11.2. The molecule has 0 aromatic heterocycles. The van der Waals surface area contributed by atoms with Gasteiger partial charge in [0.2, 0.25) is 0 Å². The molecule has 0 amide bonds. The van der Waals surface area contributed by atoms with E-state index in [2.05, 4.69) is 0 Å². The van der Waals surface area contributed by atoms with Gasteiger partial charge < -0.3 is 0 Å². The average molecular weight is 133 g/mol. The maximum atomic E-state index is 5.62. The second-order valence-corrected chi connectivity index (χ2v) is 0.125. The maximum Gasteiger partial charge on any atom is 0.0831 e. The molecule has 0 saturated carbocycles. The van der Waals surface area contributed by atoms with Crippen molar-refractivity contribution >= 4 is 6.01 Å². The molecule has 0 atom stereocenters. The van der Waals surface area contributed by atoms with Crippen molar-refractivity contribution in [3.63, 3.8) is 0 Å². The van der Waals surface area contributed by atoms with Crippen molar-refractivity contribution in [1.29, 1.82) is 10.8 Å². The molecule has 0 spiro atoms. The zero-order valence-corrected chi connectivity index (χ0v) is 4.46. The smallest absolute Gasteiger partial charge is 0.0831 e. The van der Waals surface area contributed by atoms with Crippen LogP contribution in [0.3, 0.4) is 0 Å². The van der Waals surface area contributed by atoms with Crippen molar-refractivity contribution in [2.24, 2.45) is 0 Å². The summed E-state index contributed by atoms with van der Waals surface area (Å²) in [7, 11) is 0. The summed E-state index contributed by atoms with van der Waals surface area (Å²) < 4.78 is 0. The van der Waals surface area contributed by atoms with Gasteiger partial charge >= 0.3 is 0 Å². The van der Waals surface area contributed by atoms with Crippen LogP contribution >= 0.6 is 0 Å². The predicted molar refractivity (Wildman–Crippen MR) is 10.4 cm³/mol. The summed E-state index contributed by atoms with van der Waals surface area (Å²) in [6, 6.07) is 1.25. The molecular weight excluding hydrogens is 131 g/mol. The van der Waals surface area contributed by atoms with Gasteiger partial charge in [0.15, 0.2) is 0 Å². The molecule has 4 heavy (non-hydrogen) atoms. The molecule has 0 fully saturated rings. The minimum atomic E-state index is 0. The third kappa shape index (κ3) is 52.2. The van der Waals surface area contributed by atoms with Crippen LogP contribution in [-0.4, -0.2) is 6.01 Å². The molecule has 0 saturated heterocycles. The van der Waals surface area contributed by atoms with E-state index in [1.165, 1.54) is 6.01 Å². The first-order valence-electron chi connectivity index (χ1n) is 0.500. The molecule has 0 aliphatic carbocycles. The SMILES string of the molecule is N=C=N.[Zr]. The van der Waals surface area contributed by atoms with Crippen LogP contribution in [0, 0.1) is 10.8 Å². The van der Waals surface area contributed by atoms with Crippen LogP contribution in [0.25, 0.3) is 0 Å². The van der Waals surface area contributed by atoms with E-state index in [1.807, 2.05) is 0 Å². The topological polar surface area (TPSA) is 47.7 Å². The molecule has 0 unspecified atom stereocenters. The van der Waals surface area contributed by atoms with E-state index in [4.69, 9.17) is 10.8 Å². The van der Waals surface area contributed by atoms with Crippen molar-refractivity contribution < 1.29 is 26.2 Å². The molecule has 20 valence electrons. The van der Waals surface area contributed by atoms with Crippen molar-refractivity contribution in [3.8, 4) is 0 Å². The molecular formula is CH2N2Zr. The largest absolute Gasteiger partial charge is 0.242 e. The van der Waals surface area contributed by atoms with Crippen molar-refractivity contribution in [2.45, 2.75) is 0 Å². The first kappa shape index (κ1) is 8.86. The Hall–Kier alpha value is 0.263. The third-order valence-corrected chi connectivity index (χ3v) is 0. The van der Waals surface area contributed by atoms with Crippen molar-refractivity contribution in [3.05, 3.63) is 0 Å². The van der Waals surface area contributed by atoms with Crippen molar-refractivity contribution in [2.75, 3.05) is 0 Å². The summed E-state index contributed by atoms with van der Waals surface area (Å²) in [4.78, 5) is 0. The van der Waals surface area contributed by atoms with Gasteiger partial charge in [-0.25, -0.2) is 10.8 Å². The van der Waals surface area contributed by atoms with Gasteiger partial charge in [-0.2, -0.15) is 0 Å². The fraction of sp³-hybridized carbons (Fsp3) is 0. The standard InChI is InChI=1S/CH2N2.Zr/c2-1-3;/h2-3H;.